The molecule has 0 fully saturated rings. The van der Waals surface area contributed by atoms with Crippen LogP contribution in [-0.4, -0.2) is 27.1 Å². The summed E-state index contributed by atoms with van der Waals surface area (Å²) < 4.78 is 14.4. The molecule has 0 saturated carbocycles. The van der Waals surface area contributed by atoms with Crippen molar-refractivity contribution < 1.29 is 9.18 Å². The summed E-state index contributed by atoms with van der Waals surface area (Å²) in [6.07, 6.45) is 0. The first-order valence-electron chi connectivity index (χ1n) is 9.18. The smallest absolute Gasteiger partial charge is 0.267 e. The van der Waals surface area contributed by atoms with Gasteiger partial charge in [-0.3, -0.25) is 9.59 Å². The lowest BCUT2D eigenvalue weighted by atomic mass is 10.1. The van der Waals surface area contributed by atoms with E-state index in [4.69, 9.17) is 0 Å². The highest BCUT2D eigenvalue weighted by molar-refractivity contribution is 5.76. The van der Waals surface area contributed by atoms with Crippen molar-refractivity contribution in [3.8, 4) is 11.3 Å². The molecule has 3 aromatic rings. The van der Waals surface area contributed by atoms with Crippen LogP contribution >= 0.6 is 0 Å². The van der Waals surface area contributed by atoms with E-state index in [1.165, 1.54) is 22.9 Å². The van der Waals surface area contributed by atoms with Gasteiger partial charge in [0.05, 0.1) is 11.7 Å². The number of likely N-dealkylation sites (N-methyl/N-ethyl adjacent to an activating group) is 1. The molecule has 0 aliphatic heterocycles. The first-order chi connectivity index (χ1) is 13.5. The van der Waals surface area contributed by atoms with E-state index in [0.29, 0.717) is 12.2 Å². The van der Waals surface area contributed by atoms with E-state index in [9.17, 15) is 14.0 Å². The topological polar surface area (TPSA) is 55.2 Å². The number of carbonyl (C=O) groups is 1. The van der Waals surface area contributed by atoms with Gasteiger partial charge in [0.1, 0.15) is 12.4 Å². The zero-order valence-corrected chi connectivity index (χ0v) is 15.9. The average molecular weight is 379 g/mol. The largest absolute Gasteiger partial charge is 0.335 e. The molecular formula is C22H22FN3O2. The lowest BCUT2D eigenvalue weighted by Gasteiger charge is -2.28. The van der Waals surface area contributed by atoms with Gasteiger partial charge in [0.2, 0.25) is 5.91 Å². The third kappa shape index (κ3) is 4.34. The predicted octanol–water partition coefficient (Wildman–Crippen LogP) is 3.66. The molecular weight excluding hydrogens is 357 g/mol. The van der Waals surface area contributed by atoms with Gasteiger partial charge in [-0.2, -0.15) is 5.10 Å². The number of nitrogens with zero attached hydrogens (tertiary/aromatic N) is 3. The van der Waals surface area contributed by atoms with Gasteiger partial charge in [0, 0.05) is 18.2 Å². The van der Waals surface area contributed by atoms with Crippen molar-refractivity contribution in [2.24, 2.45) is 0 Å². The van der Waals surface area contributed by atoms with Gasteiger partial charge in [-0.15, -0.1) is 0 Å². The molecule has 0 bridgehead atoms. The molecule has 1 heterocycles. The number of amides is 1. The van der Waals surface area contributed by atoms with E-state index in [1.807, 2.05) is 44.2 Å². The standard InChI is InChI=1S/C22H22FN3O2/c1-3-25(16(2)17-9-11-19(23)12-10-17)22(28)15-26-21(27)14-13-20(24-26)18-7-5-4-6-8-18/h4-14,16H,3,15H2,1-2H3/t16-/m1/s1. The first-order valence-corrected chi connectivity index (χ1v) is 9.18. The maximum atomic E-state index is 13.2. The number of halogens is 1. The second kappa shape index (κ2) is 8.61. The van der Waals surface area contributed by atoms with Crippen LogP contribution in [-0.2, 0) is 11.3 Å². The minimum atomic E-state index is -0.335. The SMILES string of the molecule is CCN(C(=O)Cn1nc(-c2ccccc2)ccc1=O)[C@H](C)c1ccc(F)cc1. The van der Waals surface area contributed by atoms with Crippen molar-refractivity contribution in [3.05, 3.63) is 88.5 Å². The Morgan fingerprint density at radius 2 is 1.75 bits per heavy atom. The van der Waals surface area contributed by atoms with Crippen molar-refractivity contribution in [1.82, 2.24) is 14.7 Å². The molecule has 0 N–H and O–H groups in total. The van der Waals surface area contributed by atoms with Crippen LogP contribution < -0.4 is 5.56 Å². The zero-order chi connectivity index (χ0) is 20.1. The number of benzene rings is 2. The van der Waals surface area contributed by atoms with Crippen LogP contribution in [0.15, 0.2) is 71.5 Å². The van der Waals surface area contributed by atoms with Crippen molar-refractivity contribution in [3.63, 3.8) is 0 Å². The Balaban J connectivity index is 1.82. The number of hydrogen-bond donors (Lipinski definition) is 0. The van der Waals surface area contributed by atoms with Crippen LogP contribution in [0.25, 0.3) is 11.3 Å². The van der Waals surface area contributed by atoms with Crippen LogP contribution in [0.5, 0.6) is 0 Å². The lowest BCUT2D eigenvalue weighted by Crippen LogP contribution is -2.38. The molecule has 0 aliphatic carbocycles. The number of aromatic nitrogens is 2. The number of hydrogen-bond acceptors (Lipinski definition) is 3. The number of carbonyl (C=O) groups excluding carboxylic acids is 1. The van der Waals surface area contributed by atoms with Gasteiger partial charge in [0.15, 0.2) is 0 Å². The maximum absolute atomic E-state index is 13.2. The quantitative estimate of drug-likeness (QED) is 0.657. The fourth-order valence-corrected chi connectivity index (χ4v) is 3.13. The molecule has 0 aliphatic rings. The van der Waals surface area contributed by atoms with Gasteiger partial charge in [-0.25, -0.2) is 9.07 Å². The molecule has 28 heavy (non-hydrogen) atoms. The zero-order valence-electron chi connectivity index (χ0n) is 15.9. The fraction of sp³-hybridized carbons (Fsp3) is 0.227. The summed E-state index contributed by atoms with van der Waals surface area (Å²) in [6, 6.07) is 18.4. The molecule has 3 rings (SSSR count). The second-order valence-electron chi connectivity index (χ2n) is 6.49. The van der Waals surface area contributed by atoms with E-state index in [0.717, 1.165) is 11.1 Å². The van der Waals surface area contributed by atoms with Crippen molar-refractivity contribution in [2.75, 3.05) is 6.54 Å². The van der Waals surface area contributed by atoms with Crippen molar-refractivity contribution in [1.29, 1.82) is 0 Å². The maximum Gasteiger partial charge on any atom is 0.267 e. The summed E-state index contributed by atoms with van der Waals surface area (Å²) in [7, 11) is 0. The van der Waals surface area contributed by atoms with E-state index in [2.05, 4.69) is 5.10 Å². The Kier molecular flexibility index (Phi) is 5.99. The molecule has 1 aromatic heterocycles. The number of rotatable bonds is 6. The summed E-state index contributed by atoms with van der Waals surface area (Å²) in [5.74, 6) is -0.544. The van der Waals surface area contributed by atoms with Crippen molar-refractivity contribution >= 4 is 5.91 Å². The summed E-state index contributed by atoms with van der Waals surface area (Å²) >= 11 is 0. The van der Waals surface area contributed by atoms with E-state index in [1.54, 1.807) is 23.1 Å². The molecule has 0 unspecified atom stereocenters. The summed E-state index contributed by atoms with van der Waals surface area (Å²) in [5.41, 5.74) is 1.99. The Morgan fingerprint density at radius 1 is 1.07 bits per heavy atom. The summed E-state index contributed by atoms with van der Waals surface area (Å²) in [4.78, 5) is 26.7. The van der Waals surface area contributed by atoms with E-state index in [-0.39, 0.29) is 29.9 Å². The Bertz CT molecular complexity index is 1000. The van der Waals surface area contributed by atoms with E-state index >= 15 is 0 Å². The first kappa shape index (κ1) is 19.5. The molecule has 0 saturated heterocycles. The molecule has 0 spiro atoms. The minimum absolute atomic E-state index is 0.154. The third-order valence-electron chi connectivity index (χ3n) is 4.70. The molecule has 5 nitrogen and oxygen atoms in total. The highest BCUT2D eigenvalue weighted by atomic mass is 19.1. The molecule has 2 aromatic carbocycles. The summed E-state index contributed by atoms with van der Waals surface area (Å²) in [6.45, 7) is 4.06. The summed E-state index contributed by atoms with van der Waals surface area (Å²) in [5, 5.41) is 4.35. The fourth-order valence-electron chi connectivity index (χ4n) is 3.13. The molecule has 6 heteroatoms. The van der Waals surface area contributed by atoms with Crippen LogP contribution in [0.4, 0.5) is 4.39 Å². The normalized spacial score (nSPS) is 11.8. The minimum Gasteiger partial charge on any atom is -0.335 e. The van der Waals surface area contributed by atoms with Gasteiger partial charge in [-0.1, -0.05) is 42.5 Å². The molecule has 144 valence electrons. The lowest BCUT2D eigenvalue weighted by molar-refractivity contribution is -0.134. The van der Waals surface area contributed by atoms with Crippen LogP contribution in [0.1, 0.15) is 25.5 Å². The van der Waals surface area contributed by atoms with Crippen LogP contribution in [0, 0.1) is 5.82 Å². The van der Waals surface area contributed by atoms with Crippen LogP contribution in [0.2, 0.25) is 0 Å². The van der Waals surface area contributed by atoms with Gasteiger partial charge in [0.25, 0.3) is 5.56 Å². The Labute approximate surface area is 163 Å². The van der Waals surface area contributed by atoms with Gasteiger partial charge in [-0.05, 0) is 37.6 Å². The molecule has 1 atom stereocenters. The third-order valence-corrected chi connectivity index (χ3v) is 4.70. The van der Waals surface area contributed by atoms with Crippen LogP contribution in [0.3, 0.4) is 0 Å². The monoisotopic (exact) mass is 379 g/mol. The molecule has 1 amide bonds. The molecule has 0 radical (unpaired) electrons. The Hall–Kier alpha value is -3.28. The predicted molar refractivity (Wildman–Crippen MR) is 106 cm³/mol. The highest BCUT2D eigenvalue weighted by Crippen LogP contribution is 2.21. The second-order valence-corrected chi connectivity index (χ2v) is 6.49. The van der Waals surface area contributed by atoms with Crippen molar-refractivity contribution in [2.45, 2.75) is 26.4 Å². The van der Waals surface area contributed by atoms with Gasteiger partial charge < -0.3 is 4.90 Å². The highest BCUT2D eigenvalue weighted by Gasteiger charge is 2.21. The Morgan fingerprint density at radius 3 is 2.39 bits per heavy atom. The van der Waals surface area contributed by atoms with Gasteiger partial charge >= 0.3 is 0 Å². The average Bonchev–Trinajstić information content (AvgIpc) is 2.71. The van der Waals surface area contributed by atoms with E-state index < -0.39 is 0 Å².